The Morgan fingerprint density at radius 2 is 1.71 bits per heavy atom. The van der Waals surface area contributed by atoms with Crippen molar-refractivity contribution >= 4 is 29.6 Å². The third-order valence-corrected chi connectivity index (χ3v) is 6.21. The van der Waals surface area contributed by atoms with Crippen molar-refractivity contribution in [2.45, 2.75) is 33.8 Å². The summed E-state index contributed by atoms with van der Waals surface area (Å²) in [5.41, 5.74) is 4.54. The fourth-order valence-corrected chi connectivity index (χ4v) is 4.15. The number of aryl methyl sites for hydroxylation is 2. The van der Waals surface area contributed by atoms with Crippen LogP contribution in [0.1, 0.15) is 34.7 Å². The molecule has 3 aromatic rings. The Bertz CT molecular complexity index is 1430. The van der Waals surface area contributed by atoms with Crippen LogP contribution >= 0.6 is 0 Å². The molecule has 1 aliphatic heterocycles. The van der Waals surface area contributed by atoms with E-state index in [1.54, 1.807) is 24.3 Å². The van der Waals surface area contributed by atoms with Crippen molar-refractivity contribution in [2.24, 2.45) is 0 Å². The number of rotatable bonds is 9. The van der Waals surface area contributed by atoms with E-state index in [4.69, 9.17) is 9.47 Å². The summed E-state index contributed by atoms with van der Waals surface area (Å²) in [7, 11) is 0. The van der Waals surface area contributed by atoms with E-state index in [9.17, 15) is 14.4 Å². The number of imide groups is 2. The van der Waals surface area contributed by atoms with E-state index >= 15 is 0 Å². The highest BCUT2D eigenvalue weighted by molar-refractivity contribution is 6.39. The van der Waals surface area contributed by atoms with Gasteiger partial charge < -0.3 is 9.47 Å². The quantitative estimate of drug-likeness (QED) is 0.228. The first-order valence-electron chi connectivity index (χ1n) is 12.4. The second-order valence-electron chi connectivity index (χ2n) is 8.93. The topological polar surface area (TPSA) is 84.9 Å². The predicted octanol–water partition coefficient (Wildman–Crippen LogP) is 5.68. The Hall–Kier alpha value is -4.65. The first-order chi connectivity index (χ1) is 18.3. The molecule has 0 unspecified atom stereocenters. The summed E-state index contributed by atoms with van der Waals surface area (Å²) in [6.45, 7) is 10.3. The lowest BCUT2D eigenvalue weighted by Gasteiger charge is -2.27. The molecule has 194 valence electrons. The smallest absolute Gasteiger partial charge is 0.335 e. The molecular weight excluding hydrogens is 480 g/mol. The van der Waals surface area contributed by atoms with Gasteiger partial charge in [0.05, 0.1) is 12.3 Å². The fraction of sp³-hybridized carbons (Fsp3) is 0.194. The molecule has 1 aliphatic rings. The molecule has 0 aromatic heterocycles. The molecule has 0 saturated carbocycles. The standard InChI is InChI=1S/C31H30N2O5/c1-5-10-24-16-23(18-27(37-6-2)28(24)38-19-22-11-8-7-9-12-22)17-26-29(34)32-31(36)33(30(26)35)25-14-13-20(3)21(4)15-25/h5,7-9,11-18H,1,6,10,19H2,2-4H3,(H,32,34,36)/b26-17+. The lowest BCUT2D eigenvalue weighted by atomic mass is 10.0. The summed E-state index contributed by atoms with van der Waals surface area (Å²) in [5, 5.41) is 2.28. The van der Waals surface area contributed by atoms with Gasteiger partial charge in [-0.15, -0.1) is 6.58 Å². The summed E-state index contributed by atoms with van der Waals surface area (Å²) in [4.78, 5) is 39.7. The summed E-state index contributed by atoms with van der Waals surface area (Å²) >= 11 is 0. The van der Waals surface area contributed by atoms with Crippen molar-refractivity contribution in [1.82, 2.24) is 5.32 Å². The molecule has 1 saturated heterocycles. The van der Waals surface area contributed by atoms with E-state index in [1.807, 2.05) is 63.2 Å². The molecule has 0 bridgehead atoms. The monoisotopic (exact) mass is 510 g/mol. The molecule has 0 atom stereocenters. The van der Waals surface area contributed by atoms with Crippen molar-refractivity contribution in [3.8, 4) is 11.5 Å². The summed E-state index contributed by atoms with van der Waals surface area (Å²) in [6, 6.07) is 17.8. The zero-order valence-corrected chi connectivity index (χ0v) is 21.7. The third-order valence-electron chi connectivity index (χ3n) is 6.21. The lowest BCUT2D eigenvalue weighted by Crippen LogP contribution is -2.54. The van der Waals surface area contributed by atoms with Gasteiger partial charge in [0.1, 0.15) is 12.2 Å². The Labute approximate surface area is 222 Å². The molecule has 0 aliphatic carbocycles. The van der Waals surface area contributed by atoms with Crippen LogP contribution in [0.3, 0.4) is 0 Å². The molecule has 1 heterocycles. The van der Waals surface area contributed by atoms with E-state index in [1.165, 1.54) is 6.08 Å². The third kappa shape index (κ3) is 5.67. The van der Waals surface area contributed by atoms with Gasteiger partial charge in [-0.2, -0.15) is 0 Å². The van der Waals surface area contributed by atoms with Crippen LogP contribution < -0.4 is 19.7 Å². The first kappa shape index (κ1) is 26.4. The Kier molecular flexibility index (Phi) is 8.06. The molecule has 38 heavy (non-hydrogen) atoms. The van der Waals surface area contributed by atoms with Gasteiger partial charge in [-0.1, -0.05) is 42.5 Å². The number of allylic oxidation sites excluding steroid dienone is 1. The highest BCUT2D eigenvalue weighted by Crippen LogP contribution is 2.36. The summed E-state index contributed by atoms with van der Waals surface area (Å²) in [5.74, 6) is -0.396. The van der Waals surface area contributed by atoms with Gasteiger partial charge in [0.2, 0.25) is 0 Å². The van der Waals surface area contributed by atoms with E-state index < -0.39 is 17.8 Å². The maximum absolute atomic E-state index is 13.4. The molecule has 4 amide bonds. The number of carbonyl (C=O) groups is 3. The zero-order valence-electron chi connectivity index (χ0n) is 21.7. The number of barbiturate groups is 1. The highest BCUT2D eigenvalue weighted by atomic mass is 16.5. The van der Waals surface area contributed by atoms with Crippen LogP contribution in [0.2, 0.25) is 0 Å². The normalized spacial score (nSPS) is 14.4. The average Bonchev–Trinajstić information content (AvgIpc) is 2.89. The van der Waals surface area contributed by atoms with Gasteiger partial charge in [0.25, 0.3) is 11.8 Å². The van der Waals surface area contributed by atoms with E-state index in [2.05, 4.69) is 11.9 Å². The van der Waals surface area contributed by atoms with Crippen LogP contribution in [0.4, 0.5) is 10.5 Å². The minimum Gasteiger partial charge on any atom is -0.490 e. The van der Waals surface area contributed by atoms with Crippen LogP contribution in [0.15, 0.2) is 78.9 Å². The van der Waals surface area contributed by atoms with Crippen molar-refractivity contribution in [3.63, 3.8) is 0 Å². The highest BCUT2D eigenvalue weighted by Gasteiger charge is 2.37. The second-order valence-corrected chi connectivity index (χ2v) is 8.93. The number of nitrogens with one attached hydrogen (secondary N) is 1. The zero-order chi connectivity index (χ0) is 27.2. The van der Waals surface area contributed by atoms with Gasteiger partial charge in [-0.05, 0) is 79.8 Å². The molecule has 7 heteroatoms. The van der Waals surface area contributed by atoms with Crippen LogP contribution in [0.5, 0.6) is 11.5 Å². The molecule has 1 N–H and O–H groups in total. The van der Waals surface area contributed by atoms with Crippen LogP contribution in [-0.4, -0.2) is 24.5 Å². The molecular formula is C31H30N2O5. The molecule has 0 radical (unpaired) electrons. The van der Waals surface area contributed by atoms with Crippen LogP contribution in [0.25, 0.3) is 6.08 Å². The van der Waals surface area contributed by atoms with Gasteiger partial charge in [-0.3, -0.25) is 14.9 Å². The molecule has 4 rings (SSSR count). The van der Waals surface area contributed by atoms with Gasteiger partial charge in [-0.25, -0.2) is 9.69 Å². The largest absolute Gasteiger partial charge is 0.490 e. The van der Waals surface area contributed by atoms with Gasteiger partial charge in [0.15, 0.2) is 11.5 Å². The maximum atomic E-state index is 13.4. The Morgan fingerprint density at radius 1 is 0.947 bits per heavy atom. The second kappa shape index (κ2) is 11.6. The minimum atomic E-state index is -0.785. The van der Waals surface area contributed by atoms with Crippen LogP contribution in [-0.2, 0) is 22.6 Å². The number of hydrogen-bond donors (Lipinski definition) is 1. The van der Waals surface area contributed by atoms with Crippen molar-refractivity contribution in [1.29, 1.82) is 0 Å². The summed E-state index contributed by atoms with van der Waals surface area (Å²) < 4.78 is 12.1. The predicted molar refractivity (Wildman–Crippen MR) is 147 cm³/mol. The molecule has 7 nitrogen and oxygen atoms in total. The van der Waals surface area contributed by atoms with E-state index in [-0.39, 0.29) is 5.57 Å². The number of benzene rings is 3. The lowest BCUT2D eigenvalue weighted by molar-refractivity contribution is -0.122. The number of nitrogens with zero attached hydrogens (tertiary/aromatic N) is 1. The first-order valence-corrected chi connectivity index (χ1v) is 12.4. The average molecular weight is 511 g/mol. The fourth-order valence-electron chi connectivity index (χ4n) is 4.15. The van der Waals surface area contributed by atoms with Gasteiger partial charge >= 0.3 is 6.03 Å². The summed E-state index contributed by atoms with van der Waals surface area (Å²) in [6.07, 6.45) is 3.69. The molecule has 1 fully saturated rings. The number of hydrogen-bond acceptors (Lipinski definition) is 5. The Morgan fingerprint density at radius 3 is 2.39 bits per heavy atom. The number of urea groups is 1. The van der Waals surface area contributed by atoms with Crippen molar-refractivity contribution in [2.75, 3.05) is 11.5 Å². The van der Waals surface area contributed by atoms with Crippen molar-refractivity contribution in [3.05, 3.63) is 107 Å². The minimum absolute atomic E-state index is 0.159. The molecule has 3 aromatic carbocycles. The number of amides is 4. The van der Waals surface area contributed by atoms with Crippen molar-refractivity contribution < 1.29 is 23.9 Å². The van der Waals surface area contributed by atoms with E-state index in [0.29, 0.717) is 42.4 Å². The number of carbonyl (C=O) groups excluding carboxylic acids is 3. The van der Waals surface area contributed by atoms with Crippen LogP contribution in [0, 0.1) is 13.8 Å². The molecule has 0 spiro atoms. The van der Waals surface area contributed by atoms with Gasteiger partial charge in [0, 0.05) is 5.56 Å². The maximum Gasteiger partial charge on any atom is 0.335 e. The number of ether oxygens (including phenoxy) is 2. The number of anilines is 1. The SMILES string of the molecule is C=CCc1cc(/C=C2\C(=O)NC(=O)N(c3ccc(C)c(C)c3)C2=O)cc(OCC)c1OCc1ccccc1. The van der Waals surface area contributed by atoms with E-state index in [0.717, 1.165) is 27.2 Å². The Balaban J connectivity index is 1.73.